The molecule has 5 nitrogen and oxygen atoms in total. The molecule has 10 heteroatoms. The third-order valence-corrected chi connectivity index (χ3v) is 7.06. The Morgan fingerprint density at radius 1 is 1.24 bits per heavy atom. The Kier molecular flexibility index (Phi) is 6.78. The van der Waals surface area contributed by atoms with Gasteiger partial charge >= 0.3 is 6.18 Å². The molecule has 2 N–H and O–H groups in total. The number of furan rings is 1. The summed E-state index contributed by atoms with van der Waals surface area (Å²) >= 11 is 3.00. The molecule has 4 aromatic rings. The number of fused-ring (bicyclic) bond motifs is 1. The summed E-state index contributed by atoms with van der Waals surface area (Å²) in [5, 5.41) is 15.7. The Morgan fingerprint density at radius 2 is 2.03 bits per heavy atom. The van der Waals surface area contributed by atoms with E-state index in [1.165, 1.54) is 35.2 Å². The number of aryl methyl sites for hydroxylation is 1. The number of para-hydroxylation sites is 1. The van der Waals surface area contributed by atoms with Crippen LogP contribution in [0.1, 0.15) is 39.0 Å². The molecule has 2 aromatic carbocycles. The van der Waals surface area contributed by atoms with Crippen molar-refractivity contribution in [1.29, 1.82) is 0 Å². The molecule has 1 atom stereocenters. The summed E-state index contributed by atoms with van der Waals surface area (Å²) in [6.07, 6.45) is -5.83. The predicted octanol–water partition coefficient (Wildman–Crippen LogP) is 5.97. The van der Waals surface area contributed by atoms with Gasteiger partial charge in [-0.2, -0.15) is 13.2 Å². The van der Waals surface area contributed by atoms with Crippen LogP contribution in [0.3, 0.4) is 0 Å². The molecule has 2 aromatic heterocycles. The number of thiazole rings is 1. The van der Waals surface area contributed by atoms with Crippen molar-refractivity contribution < 1.29 is 27.5 Å². The SMILES string of the molecule is Cc1csc(SCc2c(C(=O)NCC(O)c3cccc(C(F)(F)F)c3)oc3ccccc23)n1. The Bertz CT molecular complexity index is 1280. The van der Waals surface area contributed by atoms with Gasteiger partial charge in [0.15, 0.2) is 5.76 Å². The van der Waals surface area contributed by atoms with Crippen LogP contribution in [0.5, 0.6) is 0 Å². The van der Waals surface area contributed by atoms with Gasteiger partial charge in [0.25, 0.3) is 5.91 Å². The molecule has 4 rings (SSSR count). The molecule has 0 aliphatic carbocycles. The van der Waals surface area contributed by atoms with Gasteiger partial charge < -0.3 is 14.8 Å². The molecule has 0 saturated carbocycles. The summed E-state index contributed by atoms with van der Waals surface area (Å²) < 4.78 is 45.5. The molecule has 0 spiro atoms. The van der Waals surface area contributed by atoms with Crippen molar-refractivity contribution in [2.45, 2.75) is 29.3 Å². The quantitative estimate of drug-likeness (QED) is 0.311. The number of aromatic nitrogens is 1. The zero-order chi connectivity index (χ0) is 23.6. The number of benzene rings is 2. The average molecular weight is 493 g/mol. The van der Waals surface area contributed by atoms with Crippen LogP contribution < -0.4 is 5.32 Å². The topological polar surface area (TPSA) is 75.4 Å². The van der Waals surface area contributed by atoms with Gasteiger partial charge in [-0.1, -0.05) is 42.1 Å². The monoisotopic (exact) mass is 492 g/mol. The highest BCUT2D eigenvalue weighted by Crippen LogP contribution is 2.34. The summed E-state index contributed by atoms with van der Waals surface area (Å²) in [4.78, 5) is 17.3. The molecule has 1 amide bonds. The van der Waals surface area contributed by atoms with Crippen molar-refractivity contribution in [3.05, 3.63) is 82.1 Å². The first-order chi connectivity index (χ1) is 15.7. The molecular formula is C23H19F3N2O3S2. The largest absolute Gasteiger partial charge is 0.451 e. The summed E-state index contributed by atoms with van der Waals surface area (Å²) in [7, 11) is 0. The number of carbonyl (C=O) groups excluding carboxylic acids is 1. The normalized spacial score (nSPS) is 12.8. The van der Waals surface area contributed by atoms with E-state index < -0.39 is 23.8 Å². The third-order valence-electron chi connectivity index (χ3n) is 4.90. The highest BCUT2D eigenvalue weighted by atomic mass is 32.2. The van der Waals surface area contributed by atoms with Crippen LogP contribution in [0.15, 0.2) is 62.7 Å². The van der Waals surface area contributed by atoms with Gasteiger partial charge in [0.05, 0.1) is 11.7 Å². The van der Waals surface area contributed by atoms with Gasteiger partial charge in [-0.3, -0.25) is 4.79 Å². The molecule has 0 aliphatic rings. The van der Waals surface area contributed by atoms with Gasteiger partial charge in [-0.25, -0.2) is 4.98 Å². The number of aliphatic hydroxyl groups excluding tert-OH is 1. The fourth-order valence-electron chi connectivity index (χ4n) is 3.27. The molecule has 33 heavy (non-hydrogen) atoms. The van der Waals surface area contributed by atoms with E-state index in [4.69, 9.17) is 4.42 Å². The van der Waals surface area contributed by atoms with Crippen molar-refractivity contribution in [3.63, 3.8) is 0 Å². The molecule has 0 saturated heterocycles. The Hall–Kier alpha value is -2.82. The second kappa shape index (κ2) is 9.58. The van der Waals surface area contributed by atoms with E-state index in [0.717, 1.165) is 27.6 Å². The first-order valence-corrected chi connectivity index (χ1v) is 11.8. The van der Waals surface area contributed by atoms with Crippen LogP contribution >= 0.6 is 23.1 Å². The number of amides is 1. The number of nitrogens with one attached hydrogen (secondary N) is 1. The summed E-state index contributed by atoms with van der Waals surface area (Å²) in [5.41, 5.74) is 1.35. The standard InChI is InChI=1S/C23H19F3N2O3S2/c1-13-11-32-22(28-13)33-12-17-16-7-2-3-8-19(16)31-20(17)21(30)27-10-18(29)14-5-4-6-15(9-14)23(24,25)26/h2-9,11,18,29H,10,12H2,1H3,(H,27,30). The van der Waals surface area contributed by atoms with E-state index in [1.807, 2.05) is 24.4 Å². The number of rotatable bonds is 7. The van der Waals surface area contributed by atoms with E-state index in [-0.39, 0.29) is 17.9 Å². The number of aliphatic hydroxyl groups is 1. The summed E-state index contributed by atoms with van der Waals surface area (Å²) in [6, 6.07) is 11.7. The van der Waals surface area contributed by atoms with Gasteiger partial charge in [-0.15, -0.1) is 11.3 Å². The number of carbonyl (C=O) groups is 1. The van der Waals surface area contributed by atoms with Crippen molar-refractivity contribution in [1.82, 2.24) is 10.3 Å². The van der Waals surface area contributed by atoms with Crippen molar-refractivity contribution in [3.8, 4) is 0 Å². The van der Waals surface area contributed by atoms with Crippen LogP contribution in [-0.2, 0) is 11.9 Å². The lowest BCUT2D eigenvalue weighted by Crippen LogP contribution is -2.28. The zero-order valence-corrected chi connectivity index (χ0v) is 19.0. The van der Waals surface area contributed by atoms with Gasteiger partial charge in [0.1, 0.15) is 9.92 Å². The second-order valence-electron chi connectivity index (χ2n) is 7.30. The maximum absolute atomic E-state index is 12.9. The predicted molar refractivity (Wildman–Crippen MR) is 121 cm³/mol. The Labute approximate surface area is 195 Å². The molecule has 1 unspecified atom stereocenters. The fraction of sp³-hybridized carbons (Fsp3) is 0.217. The average Bonchev–Trinajstić information content (AvgIpc) is 3.38. The lowest BCUT2D eigenvalue weighted by atomic mass is 10.1. The molecule has 2 heterocycles. The van der Waals surface area contributed by atoms with Gasteiger partial charge in [0.2, 0.25) is 0 Å². The number of hydrogen-bond acceptors (Lipinski definition) is 6. The zero-order valence-electron chi connectivity index (χ0n) is 17.3. The summed E-state index contributed by atoms with van der Waals surface area (Å²) in [5.74, 6) is -0.000487. The van der Waals surface area contributed by atoms with Crippen LogP contribution in [0.4, 0.5) is 13.2 Å². The minimum Gasteiger partial charge on any atom is -0.451 e. The lowest BCUT2D eigenvalue weighted by Gasteiger charge is -2.14. The maximum atomic E-state index is 12.9. The van der Waals surface area contributed by atoms with E-state index in [9.17, 15) is 23.1 Å². The minimum atomic E-state index is -4.52. The minimum absolute atomic E-state index is 0.0599. The molecule has 0 fully saturated rings. The second-order valence-corrected chi connectivity index (χ2v) is 9.38. The molecule has 0 aliphatic heterocycles. The third kappa shape index (κ3) is 5.40. The first kappa shape index (κ1) is 23.3. The Morgan fingerprint density at radius 3 is 2.76 bits per heavy atom. The van der Waals surface area contributed by atoms with E-state index in [2.05, 4.69) is 10.3 Å². The van der Waals surface area contributed by atoms with E-state index >= 15 is 0 Å². The smallest absolute Gasteiger partial charge is 0.416 e. The molecular weight excluding hydrogens is 473 g/mol. The van der Waals surface area contributed by atoms with Crippen molar-refractivity contribution in [2.75, 3.05) is 6.54 Å². The maximum Gasteiger partial charge on any atom is 0.416 e. The van der Waals surface area contributed by atoms with Crippen LogP contribution in [0.25, 0.3) is 11.0 Å². The number of nitrogens with zero attached hydrogens (tertiary/aromatic N) is 1. The van der Waals surface area contributed by atoms with Crippen LogP contribution in [-0.4, -0.2) is 22.5 Å². The van der Waals surface area contributed by atoms with Gasteiger partial charge in [-0.05, 0) is 30.7 Å². The number of halogens is 3. The first-order valence-electron chi connectivity index (χ1n) is 9.91. The molecule has 0 bridgehead atoms. The number of thioether (sulfide) groups is 1. The van der Waals surface area contributed by atoms with Gasteiger partial charge in [0, 0.05) is 34.3 Å². The van der Waals surface area contributed by atoms with Crippen LogP contribution in [0, 0.1) is 6.92 Å². The number of hydrogen-bond donors (Lipinski definition) is 2. The van der Waals surface area contributed by atoms with Crippen molar-refractivity contribution >= 4 is 40.0 Å². The van der Waals surface area contributed by atoms with E-state index in [1.54, 1.807) is 12.1 Å². The fourth-order valence-corrected chi connectivity index (χ4v) is 5.14. The van der Waals surface area contributed by atoms with Crippen LogP contribution in [0.2, 0.25) is 0 Å². The lowest BCUT2D eigenvalue weighted by molar-refractivity contribution is -0.137. The highest BCUT2D eigenvalue weighted by molar-refractivity contribution is 8.00. The molecule has 0 radical (unpaired) electrons. The highest BCUT2D eigenvalue weighted by Gasteiger charge is 2.31. The Balaban J connectivity index is 1.51. The van der Waals surface area contributed by atoms with Crippen molar-refractivity contribution in [2.24, 2.45) is 0 Å². The molecule has 172 valence electrons. The van der Waals surface area contributed by atoms with E-state index in [0.29, 0.717) is 16.9 Å². The number of alkyl halides is 3. The summed E-state index contributed by atoms with van der Waals surface area (Å²) in [6.45, 7) is 1.64.